The second-order valence-corrected chi connectivity index (χ2v) is 7.30. The molecule has 0 spiro atoms. The highest BCUT2D eigenvalue weighted by Gasteiger charge is 2.28. The number of nitrogens with one attached hydrogen (secondary N) is 1. The fourth-order valence-corrected chi connectivity index (χ4v) is 2.87. The van der Waals surface area contributed by atoms with Gasteiger partial charge in [0.1, 0.15) is 11.6 Å². The summed E-state index contributed by atoms with van der Waals surface area (Å²) in [4.78, 5) is 12.5. The molecule has 0 aliphatic rings. The van der Waals surface area contributed by atoms with Crippen LogP contribution in [0.4, 0.5) is 8.78 Å². The van der Waals surface area contributed by atoms with Gasteiger partial charge in [-0.2, -0.15) is 0 Å². The van der Waals surface area contributed by atoms with E-state index in [-0.39, 0.29) is 23.2 Å². The van der Waals surface area contributed by atoms with Gasteiger partial charge in [-0.15, -0.1) is 0 Å². The fraction of sp³-hybridized carbons (Fsp3) is 0.278. The van der Waals surface area contributed by atoms with Gasteiger partial charge in [-0.1, -0.05) is 32.9 Å². The van der Waals surface area contributed by atoms with Crippen molar-refractivity contribution < 1.29 is 13.6 Å². The standard InChI is InChI=1S/C18H18BrF2NO/c1-18(2,3)16(11-4-6-12(20)7-5-11)22-17(23)14-9-8-13(21)10-15(14)19/h4-10,16H,1-3H3,(H,22,23). The van der Waals surface area contributed by atoms with E-state index in [0.29, 0.717) is 10.0 Å². The molecule has 1 unspecified atom stereocenters. The number of carbonyl (C=O) groups is 1. The van der Waals surface area contributed by atoms with E-state index in [1.54, 1.807) is 12.1 Å². The highest BCUT2D eigenvalue weighted by molar-refractivity contribution is 9.10. The second-order valence-electron chi connectivity index (χ2n) is 6.45. The van der Waals surface area contributed by atoms with Crippen molar-refractivity contribution in [3.8, 4) is 0 Å². The normalized spacial score (nSPS) is 12.8. The van der Waals surface area contributed by atoms with Gasteiger partial charge in [-0.05, 0) is 57.2 Å². The largest absolute Gasteiger partial charge is 0.345 e. The van der Waals surface area contributed by atoms with Gasteiger partial charge in [0.2, 0.25) is 0 Å². The van der Waals surface area contributed by atoms with Gasteiger partial charge in [-0.3, -0.25) is 4.79 Å². The van der Waals surface area contributed by atoms with E-state index in [2.05, 4.69) is 21.2 Å². The number of benzene rings is 2. The van der Waals surface area contributed by atoms with Gasteiger partial charge in [0, 0.05) is 4.47 Å². The lowest BCUT2D eigenvalue weighted by molar-refractivity contribution is 0.0901. The molecule has 5 heteroatoms. The molecular formula is C18H18BrF2NO. The minimum atomic E-state index is -0.417. The first kappa shape index (κ1) is 17.6. The first-order valence-corrected chi connectivity index (χ1v) is 7.99. The molecule has 2 nitrogen and oxygen atoms in total. The first-order valence-electron chi connectivity index (χ1n) is 7.20. The van der Waals surface area contributed by atoms with Crippen molar-refractivity contribution in [2.24, 2.45) is 5.41 Å². The molecule has 0 bridgehead atoms. The van der Waals surface area contributed by atoms with Gasteiger partial charge in [0.05, 0.1) is 11.6 Å². The molecule has 2 aromatic rings. The van der Waals surface area contributed by atoms with Crippen molar-refractivity contribution >= 4 is 21.8 Å². The fourth-order valence-electron chi connectivity index (χ4n) is 2.34. The second kappa shape index (κ2) is 6.79. The molecule has 0 heterocycles. The zero-order valence-corrected chi connectivity index (χ0v) is 14.7. The van der Waals surface area contributed by atoms with Crippen molar-refractivity contribution in [1.82, 2.24) is 5.32 Å². The summed E-state index contributed by atoms with van der Waals surface area (Å²) in [6.07, 6.45) is 0. The SMILES string of the molecule is CC(C)(C)C(NC(=O)c1ccc(F)cc1Br)c1ccc(F)cc1. The number of halogens is 3. The van der Waals surface area contributed by atoms with Crippen molar-refractivity contribution in [2.45, 2.75) is 26.8 Å². The minimum absolute atomic E-state index is 0.278. The summed E-state index contributed by atoms with van der Waals surface area (Å²) in [5.74, 6) is -1.06. The number of hydrogen-bond acceptors (Lipinski definition) is 1. The molecule has 1 N–H and O–H groups in total. The topological polar surface area (TPSA) is 29.1 Å². The van der Waals surface area contributed by atoms with Crippen LogP contribution in [0, 0.1) is 17.0 Å². The maximum atomic E-state index is 13.2. The molecule has 23 heavy (non-hydrogen) atoms. The molecule has 0 aromatic heterocycles. The molecule has 122 valence electrons. The van der Waals surface area contributed by atoms with E-state index in [4.69, 9.17) is 0 Å². The van der Waals surface area contributed by atoms with Crippen molar-refractivity contribution in [1.29, 1.82) is 0 Å². The average molecular weight is 382 g/mol. The van der Waals surface area contributed by atoms with Crippen LogP contribution < -0.4 is 5.32 Å². The Kier molecular flexibility index (Phi) is 5.19. The summed E-state index contributed by atoms with van der Waals surface area (Å²) in [6.45, 7) is 5.96. The van der Waals surface area contributed by atoms with E-state index in [9.17, 15) is 13.6 Å². The number of carbonyl (C=O) groups excluding carboxylic acids is 1. The third-order valence-corrected chi connectivity index (χ3v) is 4.18. The van der Waals surface area contributed by atoms with Crippen LogP contribution in [0.3, 0.4) is 0 Å². The maximum Gasteiger partial charge on any atom is 0.252 e. The number of amides is 1. The van der Waals surface area contributed by atoms with Crippen LogP contribution in [-0.2, 0) is 0 Å². The predicted octanol–water partition coefficient (Wildman–Crippen LogP) is 5.24. The van der Waals surface area contributed by atoms with E-state index in [0.717, 1.165) is 5.56 Å². The Morgan fingerprint density at radius 2 is 1.61 bits per heavy atom. The Morgan fingerprint density at radius 1 is 1.04 bits per heavy atom. The monoisotopic (exact) mass is 381 g/mol. The Bertz CT molecular complexity index is 708. The molecule has 0 aliphatic heterocycles. The average Bonchev–Trinajstić information content (AvgIpc) is 2.44. The summed E-state index contributed by atoms with van der Waals surface area (Å²) in [7, 11) is 0. The Balaban J connectivity index is 2.31. The Labute approximate surface area is 143 Å². The molecule has 1 amide bonds. The smallest absolute Gasteiger partial charge is 0.252 e. The van der Waals surface area contributed by atoms with Crippen LogP contribution in [-0.4, -0.2) is 5.91 Å². The molecule has 0 saturated heterocycles. The van der Waals surface area contributed by atoms with Crippen LogP contribution in [0.15, 0.2) is 46.9 Å². The van der Waals surface area contributed by atoms with Crippen LogP contribution in [0.2, 0.25) is 0 Å². The molecule has 0 radical (unpaired) electrons. The highest BCUT2D eigenvalue weighted by atomic mass is 79.9. The van der Waals surface area contributed by atoms with E-state index in [1.807, 2.05) is 20.8 Å². The summed E-state index contributed by atoms with van der Waals surface area (Å²) in [5, 5.41) is 2.96. The Hall–Kier alpha value is -1.75. The summed E-state index contributed by atoms with van der Waals surface area (Å²) in [6, 6.07) is 9.66. The number of hydrogen-bond donors (Lipinski definition) is 1. The van der Waals surface area contributed by atoms with Crippen molar-refractivity contribution in [2.75, 3.05) is 0 Å². The lowest BCUT2D eigenvalue weighted by Crippen LogP contribution is -2.36. The quantitative estimate of drug-likeness (QED) is 0.773. The molecule has 0 saturated carbocycles. The lowest BCUT2D eigenvalue weighted by Gasteiger charge is -2.32. The zero-order valence-electron chi connectivity index (χ0n) is 13.2. The van der Waals surface area contributed by atoms with E-state index in [1.165, 1.54) is 30.3 Å². The third kappa shape index (κ3) is 4.38. The van der Waals surface area contributed by atoms with Crippen LogP contribution in [0.1, 0.15) is 42.7 Å². The van der Waals surface area contributed by atoms with Crippen LogP contribution >= 0.6 is 15.9 Å². The van der Waals surface area contributed by atoms with E-state index < -0.39 is 5.82 Å². The first-order chi connectivity index (χ1) is 10.7. The molecule has 0 fully saturated rings. The van der Waals surface area contributed by atoms with Crippen molar-refractivity contribution in [3.05, 3.63) is 69.7 Å². The van der Waals surface area contributed by atoms with Gasteiger partial charge >= 0.3 is 0 Å². The molecule has 0 aliphatic carbocycles. The third-order valence-electron chi connectivity index (χ3n) is 3.52. The molecule has 2 aromatic carbocycles. The van der Waals surface area contributed by atoms with Gasteiger partial charge in [0.15, 0.2) is 0 Å². The zero-order chi connectivity index (χ0) is 17.2. The van der Waals surface area contributed by atoms with Crippen molar-refractivity contribution in [3.63, 3.8) is 0 Å². The molecular weight excluding hydrogens is 364 g/mol. The highest BCUT2D eigenvalue weighted by Crippen LogP contribution is 2.33. The lowest BCUT2D eigenvalue weighted by atomic mass is 9.82. The molecule has 1 atom stereocenters. The van der Waals surface area contributed by atoms with Gasteiger partial charge in [0.25, 0.3) is 5.91 Å². The summed E-state index contributed by atoms with van der Waals surface area (Å²) < 4.78 is 26.7. The van der Waals surface area contributed by atoms with Gasteiger partial charge in [-0.25, -0.2) is 8.78 Å². The predicted molar refractivity (Wildman–Crippen MR) is 90.2 cm³/mol. The van der Waals surface area contributed by atoms with Crippen LogP contribution in [0.5, 0.6) is 0 Å². The van der Waals surface area contributed by atoms with Gasteiger partial charge < -0.3 is 5.32 Å². The minimum Gasteiger partial charge on any atom is -0.345 e. The number of rotatable bonds is 3. The Morgan fingerprint density at radius 3 is 2.13 bits per heavy atom. The maximum absolute atomic E-state index is 13.2. The molecule has 2 rings (SSSR count). The van der Waals surface area contributed by atoms with E-state index >= 15 is 0 Å². The van der Waals surface area contributed by atoms with Crippen LogP contribution in [0.25, 0.3) is 0 Å². The summed E-state index contributed by atoms with van der Waals surface area (Å²) >= 11 is 3.20. The summed E-state index contributed by atoms with van der Waals surface area (Å²) in [5.41, 5.74) is 0.883.